The Morgan fingerprint density at radius 3 is 2.48 bits per heavy atom. The van der Waals surface area contributed by atoms with Crippen LogP contribution >= 0.6 is 0 Å². The van der Waals surface area contributed by atoms with Crippen molar-refractivity contribution in [3.8, 4) is 0 Å². The van der Waals surface area contributed by atoms with E-state index in [2.05, 4.69) is 9.97 Å². The second kappa shape index (κ2) is 5.20. The molecule has 0 aliphatic heterocycles. The van der Waals surface area contributed by atoms with E-state index in [-0.39, 0.29) is 17.9 Å². The van der Waals surface area contributed by atoms with Gasteiger partial charge < -0.3 is 5.11 Å². The van der Waals surface area contributed by atoms with Crippen molar-refractivity contribution in [3.63, 3.8) is 0 Å². The van der Waals surface area contributed by atoms with Gasteiger partial charge in [0.2, 0.25) is 0 Å². The van der Waals surface area contributed by atoms with Crippen molar-refractivity contribution in [1.82, 2.24) is 9.97 Å². The van der Waals surface area contributed by atoms with Crippen LogP contribution in [0.3, 0.4) is 0 Å². The molecule has 0 radical (unpaired) electrons. The van der Waals surface area contributed by atoms with Crippen molar-refractivity contribution in [3.05, 3.63) is 58.7 Å². The SMILES string of the molecule is O=C(O)c1cnc(Cc2cc(F)cc(F)c2)nc1C1CC1. The van der Waals surface area contributed by atoms with Crippen LogP contribution in [0.2, 0.25) is 0 Å². The monoisotopic (exact) mass is 290 g/mol. The summed E-state index contributed by atoms with van der Waals surface area (Å²) < 4.78 is 26.3. The van der Waals surface area contributed by atoms with Gasteiger partial charge in [0, 0.05) is 24.6 Å². The van der Waals surface area contributed by atoms with Crippen LogP contribution in [0.25, 0.3) is 0 Å². The smallest absolute Gasteiger partial charge is 0.339 e. The van der Waals surface area contributed by atoms with Crippen LogP contribution in [-0.2, 0) is 6.42 Å². The number of rotatable bonds is 4. The predicted molar refractivity (Wildman–Crippen MR) is 70.1 cm³/mol. The van der Waals surface area contributed by atoms with E-state index in [0.717, 1.165) is 18.9 Å². The molecule has 0 bridgehead atoms. The lowest BCUT2D eigenvalue weighted by Crippen LogP contribution is -2.09. The van der Waals surface area contributed by atoms with E-state index in [1.54, 1.807) is 0 Å². The third kappa shape index (κ3) is 3.04. The molecule has 0 unspecified atom stereocenters. The van der Waals surface area contributed by atoms with Crippen molar-refractivity contribution >= 4 is 5.97 Å². The Labute approximate surface area is 119 Å². The molecule has 1 saturated carbocycles. The lowest BCUT2D eigenvalue weighted by Gasteiger charge is -2.07. The van der Waals surface area contributed by atoms with Crippen molar-refractivity contribution in [2.24, 2.45) is 0 Å². The first-order chi connectivity index (χ1) is 10.0. The van der Waals surface area contributed by atoms with Crippen molar-refractivity contribution in [2.75, 3.05) is 0 Å². The summed E-state index contributed by atoms with van der Waals surface area (Å²) in [5, 5.41) is 9.12. The highest BCUT2D eigenvalue weighted by atomic mass is 19.1. The summed E-state index contributed by atoms with van der Waals surface area (Å²) in [7, 11) is 0. The number of nitrogens with zero attached hydrogens (tertiary/aromatic N) is 2. The number of carbonyl (C=O) groups is 1. The fourth-order valence-electron chi connectivity index (χ4n) is 2.25. The second-order valence-corrected chi connectivity index (χ2v) is 5.12. The first-order valence-corrected chi connectivity index (χ1v) is 6.57. The maximum atomic E-state index is 13.2. The minimum atomic E-state index is -1.06. The van der Waals surface area contributed by atoms with Crippen LogP contribution < -0.4 is 0 Å². The Hall–Kier alpha value is -2.37. The van der Waals surface area contributed by atoms with Crippen LogP contribution in [-0.4, -0.2) is 21.0 Å². The number of carboxylic acids is 1. The Kier molecular flexibility index (Phi) is 3.37. The predicted octanol–water partition coefficient (Wildman–Crippen LogP) is 2.92. The Balaban J connectivity index is 1.92. The molecule has 21 heavy (non-hydrogen) atoms. The molecule has 1 aromatic heterocycles. The number of halogens is 2. The fourth-order valence-corrected chi connectivity index (χ4v) is 2.25. The van der Waals surface area contributed by atoms with Gasteiger partial charge in [-0.15, -0.1) is 0 Å². The average molecular weight is 290 g/mol. The molecule has 3 rings (SSSR count). The summed E-state index contributed by atoms with van der Waals surface area (Å²) in [5.74, 6) is -1.85. The molecule has 2 aromatic rings. The van der Waals surface area contributed by atoms with E-state index in [4.69, 9.17) is 5.11 Å². The second-order valence-electron chi connectivity index (χ2n) is 5.12. The van der Waals surface area contributed by atoms with Gasteiger partial charge in [0.05, 0.1) is 11.3 Å². The number of aromatic carboxylic acids is 1. The molecule has 1 aromatic carbocycles. The molecule has 1 aliphatic carbocycles. The van der Waals surface area contributed by atoms with Crippen LogP contribution in [0, 0.1) is 11.6 Å². The van der Waals surface area contributed by atoms with Gasteiger partial charge in [0.15, 0.2) is 0 Å². The summed E-state index contributed by atoms with van der Waals surface area (Å²) in [6.45, 7) is 0. The molecular formula is C15H12F2N2O2. The highest BCUT2D eigenvalue weighted by Gasteiger charge is 2.30. The van der Waals surface area contributed by atoms with Gasteiger partial charge in [0.25, 0.3) is 0 Å². The fraction of sp³-hybridized carbons (Fsp3) is 0.267. The Bertz CT molecular complexity index is 695. The third-order valence-electron chi connectivity index (χ3n) is 3.35. The zero-order valence-electron chi connectivity index (χ0n) is 11.0. The van der Waals surface area contributed by atoms with Crippen LogP contribution in [0.4, 0.5) is 8.78 Å². The molecule has 108 valence electrons. The van der Waals surface area contributed by atoms with Crippen LogP contribution in [0.1, 0.15) is 46.2 Å². The van der Waals surface area contributed by atoms with E-state index in [1.807, 2.05) is 0 Å². The molecule has 0 amide bonds. The third-order valence-corrected chi connectivity index (χ3v) is 3.35. The Morgan fingerprint density at radius 1 is 1.24 bits per heavy atom. The summed E-state index contributed by atoms with van der Waals surface area (Å²) in [6, 6.07) is 3.23. The van der Waals surface area contributed by atoms with Crippen molar-refractivity contribution in [2.45, 2.75) is 25.2 Å². The van der Waals surface area contributed by atoms with E-state index >= 15 is 0 Å². The number of aromatic nitrogens is 2. The van der Waals surface area contributed by atoms with E-state index in [1.165, 1.54) is 18.3 Å². The minimum absolute atomic E-state index is 0.103. The topological polar surface area (TPSA) is 63.1 Å². The summed E-state index contributed by atoms with van der Waals surface area (Å²) in [6.07, 6.45) is 3.25. The Morgan fingerprint density at radius 2 is 1.90 bits per heavy atom. The standard InChI is InChI=1S/C15H12F2N2O2/c16-10-3-8(4-11(17)6-10)5-13-18-7-12(15(20)21)14(19-13)9-1-2-9/h3-4,6-7,9H,1-2,5H2,(H,20,21). The zero-order chi connectivity index (χ0) is 15.0. The van der Waals surface area contributed by atoms with Gasteiger partial charge in [-0.1, -0.05) is 0 Å². The van der Waals surface area contributed by atoms with E-state index < -0.39 is 17.6 Å². The van der Waals surface area contributed by atoms with Crippen molar-refractivity contribution in [1.29, 1.82) is 0 Å². The van der Waals surface area contributed by atoms with Crippen LogP contribution in [0.15, 0.2) is 24.4 Å². The molecule has 1 heterocycles. The lowest BCUT2D eigenvalue weighted by molar-refractivity contribution is 0.0694. The number of hydrogen-bond donors (Lipinski definition) is 1. The van der Waals surface area contributed by atoms with Gasteiger partial charge >= 0.3 is 5.97 Å². The van der Waals surface area contributed by atoms with Gasteiger partial charge in [-0.2, -0.15) is 0 Å². The molecule has 4 nitrogen and oxygen atoms in total. The zero-order valence-corrected chi connectivity index (χ0v) is 11.0. The summed E-state index contributed by atoms with van der Waals surface area (Å²) in [4.78, 5) is 19.4. The van der Waals surface area contributed by atoms with Crippen LogP contribution in [0.5, 0.6) is 0 Å². The molecule has 0 spiro atoms. The molecule has 6 heteroatoms. The molecule has 1 fully saturated rings. The number of benzene rings is 1. The minimum Gasteiger partial charge on any atom is -0.478 e. The maximum absolute atomic E-state index is 13.2. The highest BCUT2D eigenvalue weighted by Crippen LogP contribution is 2.40. The quantitative estimate of drug-likeness (QED) is 0.940. The molecule has 0 saturated heterocycles. The molecule has 1 N–H and O–H groups in total. The summed E-state index contributed by atoms with van der Waals surface area (Å²) in [5.41, 5.74) is 1.04. The van der Waals surface area contributed by atoms with Crippen molar-refractivity contribution < 1.29 is 18.7 Å². The molecule has 1 aliphatic rings. The number of hydrogen-bond acceptors (Lipinski definition) is 3. The van der Waals surface area contributed by atoms with Gasteiger partial charge in [0.1, 0.15) is 17.5 Å². The molecular weight excluding hydrogens is 278 g/mol. The van der Waals surface area contributed by atoms with E-state index in [9.17, 15) is 13.6 Å². The maximum Gasteiger partial charge on any atom is 0.339 e. The average Bonchev–Trinajstić information content (AvgIpc) is 3.21. The lowest BCUT2D eigenvalue weighted by atomic mass is 10.1. The largest absolute Gasteiger partial charge is 0.478 e. The van der Waals surface area contributed by atoms with Gasteiger partial charge in [-0.3, -0.25) is 0 Å². The first kappa shape index (κ1) is 13.6. The van der Waals surface area contributed by atoms with Gasteiger partial charge in [-0.05, 0) is 30.5 Å². The first-order valence-electron chi connectivity index (χ1n) is 6.57. The van der Waals surface area contributed by atoms with E-state index in [0.29, 0.717) is 17.1 Å². The highest BCUT2D eigenvalue weighted by molar-refractivity contribution is 5.88. The molecule has 0 atom stereocenters. The summed E-state index contributed by atoms with van der Waals surface area (Å²) >= 11 is 0. The normalized spacial score (nSPS) is 14.2. The van der Waals surface area contributed by atoms with Gasteiger partial charge in [-0.25, -0.2) is 23.5 Å². The number of carboxylic acid groups (broad SMARTS) is 1.